The Morgan fingerprint density at radius 1 is 0.417 bits per heavy atom. The van der Waals surface area contributed by atoms with Crippen LogP contribution in [-0.2, 0) is 5.41 Å². The maximum Gasteiger partial charge on any atom is 0.0991 e. The average Bonchev–Trinajstić information content (AvgIpc) is 3.76. The molecular formula is C57H39N3. The van der Waals surface area contributed by atoms with Gasteiger partial charge in [0.2, 0.25) is 0 Å². The molecule has 3 nitrogen and oxygen atoms in total. The number of nitriles is 1. The Balaban J connectivity index is 1.16. The first-order valence-electron chi connectivity index (χ1n) is 20.5. The van der Waals surface area contributed by atoms with Crippen LogP contribution in [0, 0.1) is 11.3 Å². The van der Waals surface area contributed by atoms with E-state index in [1.165, 1.54) is 49.7 Å². The van der Waals surface area contributed by atoms with E-state index in [1.54, 1.807) is 0 Å². The lowest BCUT2D eigenvalue weighted by Crippen LogP contribution is -2.15. The molecular weight excluding hydrogens is 727 g/mol. The molecule has 0 radical (unpaired) electrons. The van der Waals surface area contributed by atoms with Gasteiger partial charge in [-0.05, 0) is 116 Å². The van der Waals surface area contributed by atoms with Gasteiger partial charge in [0.1, 0.15) is 0 Å². The van der Waals surface area contributed by atoms with Crippen molar-refractivity contribution in [2.24, 2.45) is 0 Å². The Morgan fingerprint density at radius 2 is 1.00 bits per heavy atom. The van der Waals surface area contributed by atoms with Crippen molar-refractivity contribution in [1.29, 1.82) is 5.26 Å². The van der Waals surface area contributed by atoms with Crippen molar-refractivity contribution in [3.05, 3.63) is 217 Å². The van der Waals surface area contributed by atoms with E-state index in [0.29, 0.717) is 5.56 Å². The van der Waals surface area contributed by atoms with Gasteiger partial charge in [-0.2, -0.15) is 5.26 Å². The Bertz CT molecular complexity index is 3330. The number of pyridine rings is 1. The van der Waals surface area contributed by atoms with Gasteiger partial charge >= 0.3 is 0 Å². The van der Waals surface area contributed by atoms with Crippen LogP contribution in [0.15, 0.2) is 200 Å². The first-order valence-corrected chi connectivity index (χ1v) is 20.5. The predicted molar refractivity (Wildman–Crippen MR) is 248 cm³/mol. The first-order chi connectivity index (χ1) is 29.4. The second-order valence-corrected chi connectivity index (χ2v) is 16.3. The molecule has 0 N–H and O–H groups in total. The quantitative estimate of drug-likeness (QED) is 0.169. The zero-order chi connectivity index (χ0) is 40.4. The first kappa shape index (κ1) is 35.4. The SMILES string of the molecule is CC1(C)c2ccccc2-c2cc3c4ccccc4n(-c4cc(-c5cccc(C#N)c5)cc(-c5cc(-c6ccccc6)nc(-c6ccc(-c7ccccc7)cc6)c5)c4)c3cc21. The van der Waals surface area contributed by atoms with E-state index in [4.69, 9.17) is 4.98 Å². The standard InChI is InChI=1S/C57H39N3/c1-57(2)51-22-11-9-20-47(51)49-34-50-48-21-10-12-23-55(48)60(56(50)35-52(49)57)46-30-43(42-19-13-14-37(28-42)36-58)29-44(31-46)45-32-53(40-17-7-4-8-18-40)59-54(33-45)41-26-24-39(25-27-41)38-15-5-3-6-16-38/h3-35H,1-2H3. The second kappa shape index (κ2) is 13.9. The lowest BCUT2D eigenvalue weighted by molar-refractivity contribution is 0.661. The number of hydrogen-bond donors (Lipinski definition) is 0. The number of aromatic nitrogens is 2. The normalized spacial score (nSPS) is 12.6. The Labute approximate surface area is 350 Å². The molecule has 0 unspecified atom stereocenters. The molecule has 0 spiro atoms. The zero-order valence-corrected chi connectivity index (χ0v) is 33.4. The van der Waals surface area contributed by atoms with E-state index in [-0.39, 0.29) is 5.41 Å². The summed E-state index contributed by atoms with van der Waals surface area (Å²) in [7, 11) is 0. The lowest BCUT2D eigenvalue weighted by Gasteiger charge is -2.22. The summed E-state index contributed by atoms with van der Waals surface area (Å²) in [5.41, 5.74) is 19.6. The monoisotopic (exact) mass is 765 g/mol. The molecule has 1 aliphatic rings. The van der Waals surface area contributed by atoms with Crippen LogP contribution in [0.25, 0.3) is 94.5 Å². The molecule has 0 amide bonds. The van der Waals surface area contributed by atoms with Crippen LogP contribution in [0.3, 0.4) is 0 Å². The van der Waals surface area contributed by atoms with Gasteiger partial charge in [0.05, 0.1) is 34.1 Å². The molecule has 0 bridgehead atoms. The Morgan fingerprint density at radius 3 is 1.75 bits per heavy atom. The summed E-state index contributed by atoms with van der Waals surface area (Å²) in [6.07, 6.45) is 0. The minimum atomic E-state index is -0.146. The summed E-state index contributed by atoms with van der Waals surface area (Å²) >= 11 is 0. The fourth-order valence-corrected chi connectivity index (χ4v) is 9.35. The number of fused-ring (bicyclic) bond motifs is 6. The second-order valence-electron chi connectivity index (χ2n) is 16.3. The van der Waals surface area contributed by atoms with Crippen molar-refractivity contribution in [3.63, 3.8) is 0 Å². The minimum Gasteiger partial charge on any atom is -0.309 e. The van der Waals surface area contributed by atoms with Gasteiger partial charge in [-0.25, -0.2) is 4.98 Å². The molecule has 2 aromatic heterocycles. The van der Waals surface area contributed by atoms with Crippen LogP contribution in [0.5, 0.6) is 0 Å². The number of hydrogen-bond acceptors (Lipinski definition) is 2. The van der Waals surface area contributed by atoms with E-state index in [2.05, 4.69) is 194 Å². The fraction of sp³-hybridized carbons (Fsp3) is 0.0526. The Hall–Kier alpha value is -7.80. The zero-order valence-electron chi connectivity index (χ0n) is 33.4. The molecule has 0 fully saturated rings. The molecule has 0 saturated heterocycles. The largest absolute Gasteiger partial charge is 0.309 e. The van der Waals surface area contributed by atoms with Crippen LogP contribution < -0.4 is 0 Å². The van der Waals surface area contributed by atoms with Crippen molar-refractivity contribution in [2.45, 2.75) is 19.3 Å². The van der Waals surface area contributed by atoms with Gasteiger partial charge in [0.25, 0.3) is 0 Å². The summed E-state index contributed by atoms with van der Waals surface area (Å²) in [6, 6.07) is 73.7. The van der Waals surface area contributed by atoms with E-state index >= 15 is 0 Å². The number of nitrogens with zero attached hydrogens (tertiary/aromatic N) is 3. The third-order valence-electron chi connectivity index (χ3n) is 12.4. The van der Waals surface area contributed by atoms with Crippen LogP contribution >= 0.6 is 0 Å². The van der Waals surface area contributed by atoms with Crippen molar-refractivity contribution in [2.75, 3.05) is 0 Å². The topological polar surface area (TPSA) is 41.6 Å². The molecule has 282 valence electrons. The highest BCUT2D eigenvalue weighted by molar-refractivity contribution is 6.12. The maximum atomic E-state index is 9.97. The fourth-order valence-electron chi connectivity index (χ4n) is 9.35. The van der Waals surface area contributed by atoms with Gasteiger partial charge in [-0.3, -0.25) is 0 Å². The van der Waals surface area contributed by atoms with Gasteiger partial charge < -0.3 is 4.57 Å². The molecule has 10 aromatic rings. The van der Waals surface area contributed by atoms with E-state index in [1.807, 2.05) is 30.3 Å². The summed E-state index contributed by atoms with van der Waals surface area (Å²) < 4.78 is 2.44. The summed E-state index contributed by atoms with van der Waals surface area (Å²) in [4.78, 5) is 5.28. The van der Waals surface area contributed by atoms with Gasteiger partial charge in [-0.1, -0.05) is 153 Å². The van der Waals surface area contributed by atoms with E-state index in [9.17, 15) is 5.26 Å². The summed E-state index contributed by atoms with van der Waals surface area (Å²) in [6.45, 7) is 4.69. The lowest BCUT2D eigenvalue weighted by atomic mass is 9.82. The van der Waals surface area contributed by atoms with Gasteiger partial charge in [-0.15, -0.1) is 0 Å². The summed E-state index contributed by atoms with van der Waals surface area (Å²) in [5, 5.41) is 12.4. The highest BCUT2D eigenvalue weighted by atomic mass is 15.0. The average molecular weight is 766 g/mol. The van der Waals surface area contributed by atoms with Crippen LogP contribution in [0.1, 0.15) is 30.5 Å². The number of rotatable bonds is 6. The molecule has 1 aliphatic carbocycles. The van der Waals surface area contributed by atoms with E-state index in [0.717, 1.165) is 56.0 Å². The molecule has 11 rings (SSSR count). The third kappa shape index (κ3) is 5.84. The van der Waals surface area contributed by atoms with Crippen molar-refractivity contribution >= 4 is 21.8 Å². The highest BCUT2D eigenvalue weighted by Gasteiger charge is 2.36. The molecule has 3 heteroatoms. The van der Waals surface area contributed by atoms with E-state index < -0.39 is 0 Å². The molecule has 0 atom stereocenters. The highest BCUT2D eigenvalue weighted by Crippen LogP contribution is 2.51. The van der Waals surface area contributed by atoms with Crippen molar-refractivity contribution in [3.8, 4) is 78.8 Å². The van der Waals surface area contributed by atoms with Gasteiger partial charge in [0.15, 0.2) is 0 Å². The smallest absolute Gasteiger partial charge is 0.0991 e. The Kier molecular flexibility index (Phi) is 8.22. The van der Waals surface area contributed by atoms with Gasteiger partial charge in [0, 0.05) is 33.0 Å². The predicted octanol–water partition coefficient (Wildman–Crippen LogP) is 14.7. The molecule has 2 heterocycles. The minimum absolute atomic E-state index is 0.146. The summed E-state index contributed by atoms with van der Waals surface area (Å²) in [5.74, 6) is 0. The molecule has 0 saturated carbocycles. The van der Waals surface area contributed by atoms with Crippen molar-refractivity contribution < 1.29 is 0 Å². The maximum absolute atomic E-state index is 9.97. The molecule has 60 heavy (non-hydrogen) atoms. The van der Waals surface area contributed by atoms with Crippen LogP contribution in [0.4, 0.5) is 0 Å². The molecule has 0 aliphatic heterocycles. The number of para-hydroxylation sites is 1. The van der Waals surface area contributed by atoms with Crippen molar-refractivity contribution in [1.82, 2.24) is 9.55 Å². The van der Waals surface area contributed by atoms with Crippen LogP contribution in [0.2, 0.25) is 0 Å². The molecule has 8 aromatic carbocycles. The number of benzene rings is 8. The third-order valence-corrected chi connectivity index (χ3v) is 12.4. The van der Waals surface area contributed by atoms with Crippen LogP contribution in [-0.4, -0.2) is 9.55 Å².